The number of hydrogen-bond acceptors (Lipinski definition) is 1. The van der Waals surface area contributed by atoms with E-state index in [-0.39, 0.29) is 10.0 Å². The van der Waals surface area contributed by atoms with Crippen molar-refractivity contribution in [3.05, 3.63) is 0 Å². The Labute approximate surface area is 85.7 Å². The minimum atomic E-state index is -0.271. The van der Waals surface area contributed by atoms with Crippen LogP contribution < -0.4 is 0 Å². The standard InChI is InChI=1S/C8H18INS/c1-7(2)8-5-11(3,4)6-10(8)9/h7-8H,5-6H2,1-4H3/t8-/m1/s1. The molecule has 0 aliphatic carbocycles. The molecule has 0 N–H and O–H groups in total. The highest BCUT2D eigenvalue weighted by molar-refractivity contribution is 14.1. The zero-order valence-electron chi connectivity index (χ0n) is 7.80. The van der Waals surface area contributed by atoms with Gasteiger partial charge in [-0.25, -0.2) is 13.1 Å². The molecule has 0 bridgehead atoms. The van der Waals surface area contributed by atoms with Gasteiger partial charge in [0, 0.05) is 34.8 Å². The summed E-state index contributed by atoms with van der Waals surface area (Å²) in [5.74, 6) is 3.59. The maximum absolute atomic E-state index is 2.51. The van der Waals surface area contributed by atoms with Gasteiger partial charge in [0.2, 0.25) is 0 Å². The van der Waals surface area contributed by atoms with E-state index in [1.165, 1.54) is 11.6 Å². The van der Waals surface area contributed by atoms with Crippen molar-refractivity contribution in [1.82, 2.24) is 3.11 Å². The second kappa shape index (κ2) is 3.42. The normalized spacial score (nSPS) is 34.5. The van der Waals surface area contributed by atoms with E-state index in [9.17, 15) is 0 Å². The van der Waals surface area contributed by atoms with Gasteiger partial charge in [-0.3, -0.25) is 0 Å². The number of halogens is 1. The van der Waals surface area contributed by atoms with Crippen molar-refractivity contribution >= 4 is 32.9 Å². The molecule has 11 heavy (non-hydrogen) atoms. The predicted octanol–water partition coefficient (Wildman–Crippen LogP) is 2.70. The van der Waals surface area contributed by atoms with Crippen LogP contribution >= 0.6 is 32.9 Å². The predicted molar refractivity (Wildman–Crippen MR) is 63.7 cm³/mol. The summed E-state index contributed by atoms with van der Waals surface area (Å²) in [6, 6.07) is 0.834. The van der Waals surface area contributed by atoms with E-state index in [0.29, 0.717) is 0 Å². The summed E-state index contributed by atoms with van der Waals surface area (Å²) in [6.45, 7) is 4.66. The Bertz CT molecular complexity index is 147. The van der Waals surface area contributed by atoms with Crippen LogP contribution in [0.3, 0.4) is 0 Å². The lowest BCUT2D eigenvalue weighted by Crippen LogP contribution is -2.26. The SMILES string of the molecule is CC(C)[C@H]1CS(C)(C)CN1I. The van der Waals surface area contributed by atoms with Gasteiger partial charge in [-0.05, 0) is 24.2 Å². The molecule has 1 nitrogen and oxygen atoms in total. The second-order valence-electron chi connectivity index (χ2n) is 4.27. The Morgan fingerprint density at radius 3 is 2.18 bits per heavy atom. The summed E-state index contributed by atoms with van der Waals surface area (Å²) in [4.78, 5) is 0. The Morgan fingerprint density at radius 1 is 1.45 bits per heavy atom. The first-order chi connectivity index (χ1) is 4.92. The summed E-state index contributed by atoms with van der Waals surface area (Å²) < 4.78 is 2.51. The first kappa shape index (κ1) is 10.1. The van der Waals surface area contributed by atoms with Crippen LogP contribution in [-0.2, 0) is 0 Å². The Morgan fingerprint density at radius 2 is 2.00 bits per heavy atom. The van der Waals surface area contributed by atoms with E-state index in [1.54, 1.807) is 0 Å². The van der Waals surface area contributed by atoms with Crippen molar-refractivity contribution in [2.24, 2.45) is 5.92 Å². The van der Waals surface area contributed by atoms with Crippen molar-refractivity contribution in [2.75, 3.05) is 24.1 Å². The molecule has 0 spiro atoms. The lowest BCUT2D eigenvalue weighted by Gasteiger charge is -2.23. The molecule has 0 aromatic rings. The molecule has 0 aromatic carbocycles. The fourth-order valence-corrected chi connectivity index (χ4v) is 7.36. The number of rotatable bonds is 1. The largest absolute Gasteiger partial charge is 0.235 e. The summed E-state index contributed by atoms with van der Waals surface area (Å²) in [5.41, 5.74) is 0. The zero-order chi connectivity index (χ0) is 8.65. The van der Waals surface area contributed by atoms with E-state index < -0.39 is 0 Å². The van der Waals surface area contributed by atoms with Crippen molar-refractivity contribution < 1.29 is 0 Å². The van der Waals surface area contributed by atoms with Gasteiger partial charge in [0.05, 0.1) is 0 Å². The maximum Gasteiger partial charge on any atom is 0.0384 e. The van der Waals surface area contributed by atoms with Crippen molar-refractivity contribution in [3.63, 3.8) is 0 Å². The van der Waals surface area contributed by atoms with E-state index in [0.717, 1.165) is 12.0 Å². The van der Waals surface area contributed by atoms with Crippen LogP contribution in [0.25, 0.3) is 0 Å². The van der Waals surface area contributed by atoms with Crippen molar-refractivity contribution in [1.29, 1.82) is 0 Å². The van der Waals surface area contributed by atoms with Gasteiger partial charge in [-0.15, -0.1) is 0 Å². The molecule has 0 unspecified atom stereocenters. The molecule has 3 heteroatoms. The van der Waals surface area contributed by atoms with Crippen LogP contribution in [0, 0.1) is 5.92 Å². The molecule has 1 rings (SSSR count). The van der Waals surface area contributed by atoms with Gasteiger partial charge in [0.1, 0.15) is 0 Å². The van der Waals surface area contributed by atoms with Crippen LogP contribution in [0.4, 0.5) is 0 Å². The fourth-order valence-electron chi connectivity index (χ4n) is 1.54. The van der Waals surface area contributed by atoms with Gasteiger partial charge in [0.15, 0.2) is 0 Å². The van der Waals surface area contributed by atoms with E-state index in [1.807, 2.05) is 0 Å². The minimum absolute atomic E-state index is 0.271. The van der Waals surface area contributed by atoms with Gasteiger partial charge >= 0.3 is 0 Å². The van der Waals surface area contributed by atoms with E-state index in [2.05, 4.69) is 52.3 Å². The van der Waals surface area contributed by atoms with Gasteiger partial charge in [-0.1, -0.05) is 13.8 Å². The molecule has 0 aromatic heterocycles. The van der Waals surface area contributed by atoms with Crippen LogP contribution in [0.2, 0.25) is 0 Å². The third-order valence-corrected chi connectivity index (χ3v) is 5.96. The first-order valence-electron chi connectivity index (χ1n) is 4.03. The minimum Gasteiger partial charge on any atom is -0.235 e. The lowest BCUT2D eigenvalue weighted by molar-refractivity contribution is 0.379. The molecule has 1 atom stereocenters. The molecule has 0 radical (unpaired) electrons. The highest BCUT2D eigenvalue weighted by Crippen LogP contribution is 2.50. The molecule has 1 aliphatic heterocycles. The average Bonchev–Trinajstić information content (AvgIpc) is 2.05. The lowest BCUT2D eigenvalue weighted by atomic mass is 10.1. The molecule has 1 aliphatic rings. The molecular weight excluding hydrogens is 269 g/mol. The third kappa shape index (κ3) is 2.49. The summed E-state index contributed by atoms with van der Waals surface area (Å²) >= 11 is 2.49. The first-order valence-corrected chi connectivity index (χ1v) is 7.79. The number of hydrogen-bond donors (Lipinski definition) is 0. The topological polar surface area (TPSA) is 3.24 Å². The summed E-state index contributed by atoms with van der Waals surface area (Å²) in [6.07, 6.45) is 4.89. The third-order valence-electron chi connectivity index (χ3n) is 2.22. The monoisotopic (exact) mass is 287 g/mol. The molecule has 1 fully saturated rings. The van der Waals surface area contributed by atoms with E-state index >= 15 is 0 Å². The van der Waals surface area contributed by atoms with Gasteiger partial charge < -0.3 is 0 Å². The summed E-state index contributed by atoms with van der Waals surface area (Å²) in [7, 11) is -0.271. The highest BCUT2D eigenvalue weighted by atomic mass is 127. The summed E-state index contributed by atoms with van der Waals surface area (Å²) in [5, 5.41) is 0. The molecular formula is C8H18INS. The molecule has 1 saturated heterocycles. The smallest absolute Gasteiger partial charge is 0.0384 e. The Hall–Kier alpha value is 1.04. The molecule has 68 valence electrons. The van der Waals surface area contributed by atoms with Gasteiger partial charge in [-0.2, -0.15) is 0 Å². The van der Waals surface area contributed by atoms with E-state index in [4.69, 9.17) is 0 Å². The quantitative estimate of drug-likeness (QED) is 0.529. The molecule has 1 heterocycles. The van der Waals surface area contributed by atoms with Crippen LogP contribution in [0.5, 0.6) is 0 Å². The molecule has 0 amide bonds. The van der Waals surface area contributed by atoms with Crippen molar-refractivity contribution in [3.8, 4) is 0 Å². The van der Waals surface area contributed by atoms with Gasteiger partial charge in [0.25, 0.3) is 0 Å². The Balaban J connectivity index is 2.59. The number of nitrogens with zero attached hydrogens (tertiary/aromatic N) is 1. The molecule has 0 saturated carbocycles. The van der Waals surface area contributed by atoms with Crippen LogP contribution in [-0.4, -0.2) is 33.3 Å². The van der Waals surface area contributed by atoms with Crippen LogP contribution in [0.1, 0.15) is 13.8 Å². The zero-order valence-corrected chi connectivity index (χ0v) is 10.8. The fraction of sp³-hybridized carbons (Fsp3) is 1.00. The van der Waals surface area contributed by atoms with Crippen molar-refractivity contribution in [2.45, 2.75) is 19.9 Å². The average molecular weight is 287 g/mol. The Kier molecular flexibility index (Phi) is 3.15. The maximum atomic E-state index is 2.51. The second-order valence-corrected chi connectivity index (χ2v) is 9.64. The highest BCUT2D eigenvalue weighted by Gasteiger charge is 2.34. The van der Waals surface area contributed by atoms with Crippen LogP contribution in [0.15, 0.2) is 0 Å².